The number of benzene rings is 2. The van der Waals surface area contributed by atoms with Crippen molar-refractivity contribution in [2.75, 3.05) is 5.32 Å². The van der Waals surface area contributed by atoms with E-state index in [1.807, 2.05) is 24.3 Å². The molecule has 2 aromatic heterocycles. The molecule has 0 aliphatic carbocycles. The van der Waals surface area contributed by atoms with E-state index in [2.05, 4.69) is 22.2 Å². The van der Waals surface area contributed by atoms with Crippen LogP contribution in [0.25, 0.3) is 22.6 Å². The fraction of sp³-hybridized carbons (Fsp3) is 0.190. The highest BCUT2D eigenvalue weighted by atomic mass is 16.4. The predicted molar refractivity (Wildman–Crippen MR) is 105 cm³/mol. The fourth-order valence-corrected chi connectivity index (χ4v) is 2.99. The van der Waals surface area contributed by atoms with Crippen molar-refractivity contribution in [1.82, 2.24) is 9.97 Å². The number of hydrogen-bond donors (Lipinski definition) is 2. The number of nitrogens with zero attached hydrogens (tertiary/aromatic N) is 1. The first-order chi connectivity index (χ1) is 13.5. The van der Waals surface area contributed by atoms with Crippen LogP contribution in [-0.2, 0) is 17.6 Å². The van der Waals surface area contributed by atoms with Crippen LogP contribution in [-0.4, -0.2) is 15.9 Å². The number of oxazole rings is 2. The first-order valence-electron chi connectivity index (χ1n) is 9.00. The number of rotatable bonds is 5. The van der Waals surface area contributed by atoms with Crippen molar-refractivity contribution in [2.45, 2.75) is 26.7 Å². The number of amides is 1. The maximum Gasteiger partial charge on any atom is 0.417 e. The molecule has 7 nitrogen and oxygen atoms in total. The third-order valence-electron chi connectivity index (χ3n) is 4.53. The average molecular weight is 377 g/mol. The molecule has 0 radical (unpaired) electrons. The Hall–Kier alpha value is -3.61. The highest BCUT2D eigenvalue weighted by Crippen LogP contribution is 2.23. The van der Waals surface area contributed by atoms with Gasteiger partial charge in [0.05, 0.1) is 17.6 Å². The Morgan fingerprint density at radius 1 is 1.14 bits per heavy atom. The predicted octanol–water partition coefficient (Wildman–Crippen LogP) is 3.83. The van der Waals surface area contributed by atoms with E-state index in [0.717, 1.165) is 12.0 Å². The molecular formula is C21H19N3O4. The number of aryl methyl sites for hydroxylation is 2. The molecule has 2 aromatic carbocycles. The van der Waals surface area contributed by atoms with Gasteiger partial charge in [-0.3, -0.25) is 9.78 Å². The van der Waals surface area contributed by atoms with E-state index in [4.69, 9.17) is 8.83 Å². The molecule has 1 amide bonds. The zero-order valence-electron chi connectivity index (χ0n) is 15.5. The van der Waals surface area contributed by atoms with Crippen LogP contribution in [0.2, 0.25) is 0 Å². The van der Waals surface area contributed by atoms with Crippen LogP contribution >= 0.6 is 0 Å². The Balaban J connectivity index is 1.49. The van der Waals surface area contributed by atoms with Crippen molar-refractivity contribution in [1.29, 1.82) is 0 Å². The summed E-state index contributed by atoms with van der Waals surface area (Å²) in [6.45, 7) is 3.89. The minimum Gasteiger partial charge on any atom is -0.441 e. The Kier molecular flexibility index (Phi) is 4.57. The van der Waals surface area contributed by atoms with E-state index < -0.39 is 5.76 Å². The second kappa shape index (κ2) is 7.19. The fourth-order valence-electron chi connectivity index (χ4n) is 2.99. The Morgan fingerprint density at radius 3 is 2.68 bits per heavy atom. The van der Waals surface area contributed by atoms with E-state index in [-0.39, 0.29) is 12.3 Å². The number of carbonyl (C=O) groups excluding carboxylic acids is 1. The van der Waals surface area contributed by atoms with Crippen molar-refractivity contribution in [3.63, 3.8) is 0 Å². The number of hydrogen-bond acceptors (Lipinski definition) is 5. The molecule has 0 aliphatic heterocycles. The molecule has 4 rings (SSSR count). The summed E-state index contributed by atoms with van der Waals surface area (Å²) in [6.07, 6.45) is 1.05. The smallest absolute Gasteiger partial charge is 0.417 e. The van der Waals surface area contributed by atoms with Crippen LogP contribution in [0.3, 0.4) is 0 Å². The molecule has 0 saturated carbocycles. The van der Waals surface area contributed by atoms with Crippen LogP contribution in [0.4, 0.5) is 5.69 Å². The zero-order valence-corrected chi connectivity index (χ0v) is 15.5. The lowest BCUT2D eigenvalue weighted by Gasteiger charge is -2.03. The molecule has 28 heavy (non-hydrogen) atoms. The zero-order chi connectivity index (χ0) is 19.7. The van der Waals surface area contributed by atoms with Crippen molar-refractivity contribution in [3.05, 3.63) is 70.0 Å². The molecule has 2 N–H and O–H groups in total. The van der Waals surface area contributed by atoms with Crippen LogP contribution in [0, 0.1) is 6.92 Å². The summed E-state index contributed by atoms with van der Waals surface area (Å²) in [7, 11) is 0. The number of anilines is 1. The molecule has 0 spiro atoms. The standard InChI is InChI=1S/C21H19N3O4/c1-3-13-4-6-14(7-5-13)20-23-16(12(2)27-20)11-19(25)22-15-8-9-18-17(10-15)24-21(26)28-18/h4-10H,3,11H2,1-2H3,(H,22,25)(H,24,26). The largest absolute Gasteiger partial charge is 0.441 e. The first kappa shape index (κ1) is 17.8. The Bertz CT molecular complexity index is 1200. The molecule has 0 atom stereocenters. The van der Waals surface area contributed by atoms with Gasteiger partial charge >= 0.3 is 5.76 Å². The van der Waals surface area contributed by atoms with Crippen molar-refractivity contribution >= 4 is 22.7 Å². The lowest BCUT2D eigenvalue weighted by molar-refractivity contribution is -0.115. The highest BCUT2D eigenvalue weighted by Gasteiger charge is 2.15. The third-order valence-corrected chi connectivity index (χ3v) is 4.53. The van der Waals surface area contributed by atoms with Crippen molar-refractivity contribution < 1.29 is 13.6 Å². The van der Waals surface area contributed by atoms with Gasteiger partial charge in [0.25, 0.3) is 0 Å². The first-order valence-corrected chi connectivity index (χ1v) is 9.00. The highest BCUT2D eigenvalue weighted by molar-refractivity contribution is 5.94. The van der Waals surface area contributed by atoms with Crippen LogP contribution in [0.1, 0.15) is 23.9 Å². The second-order valence-electron chi connectivity index (χ2n) is 6.52. The number of H-pyrrole nitrogens is 1. The number of nitrogens with one attached hydrogen (secondary N) is 2. The van der Waals surface area contributed by atoms with Crippen molar-refractivity contribution in [3.8, 4) is 11.5 Å². The normalized spacial score (nSPS) is 11.1. The number of carbonyl (C=O) groups is 1. The molecule has 0 bridgehead atoms. The second-order valence-corrected chi connectivity index (χ2v) is 6.52. The number of aromatic amines is 1. The summed E-state index contributed by atoms with van der Waals surface area (Å²) in [6, 6.07) is 13.0. The molecule has 2 heterocycles. The number of fused-ring (bicyclic) bond motifs is 1. The van der Waals surface area contributed by atoms with Gasteiger partial charge in [0.15, 0.2) is 5.58 Å². The van der Waals surface area contributed by atoms with Crippen LogP contribution in [0.15, 0.2) is 56.1 Å². The molecule has 0 unspecified atom stereocenters. The average Bonchev–Trinajstić information content (AvgIpc) is 3.23. The van der Waals surface area contributed by atoms with Gasteiger partial charge in [-0.25, -0.2) is 9.78 Å². The van der Waals surface area contributed by atoms with Crippen LogP contribution < -0.4 is 11.1 Å². The summed E-state index contributed by atoms with van der Waals surface area (Å²) in [5, 5.41) is 2.80. The van der Waals surface area contributed by atoms with E-state index in [1.165, 1.54) is 5.56 Å². The monoisotopic (exact) mass is 377 g/mol. The van der Waals surface area contributed by atoms with Gasteiger partial charge < -0.3 is 14.2 Å². The summed E-state index contributed by atoms with van der Waals surface area (Å²) in [5.74, 6) is 0.352. The topological polar surface area (TPSA) is 101 Å². The van der Waals surface area contributed by atoms with Gasteiger partial charge in [-0.05, 0) is 49.2 Å². The van der Waals surface area contributed by atoms with E-state index >= 15 is 0 Å². The maximum atomic E-state index is 12.4. The van der Waals surface area contributed by atoms with Gasteiger partial charge in [-0.15, -0.1) is 0 Å². The molecule has 7 heteroatoms. The Labute approximate surface area is 160 Å². The molecule has 0 saturated heterocycles. The molecule has 142 valence electrons. The third kappa shape index (κ3) is 3.59. The lowest BCUT2D eigenvalue weighted by Crippen LogP contribution is -2.15. The van der Waals surface area contributed by atoms with Gasteiger partial charge in [-0.2, -0.15) is 0 Å². The molecular weight excluding hydrogens is 358 g/mol. The lowest BCUT2D eigenvalue weighted by atomic mass is 10.1. The van der Waals surface area contributed by atoms with Gasteiger partial charge in [0.2, 0.25) is 11.8 Å². The molecule has 0 aliphatic rings. The minimum absolute atomic E-state index is 0.0856. The summed E-state index contributed by atoms with van der Waals surface area (Å²) in [5.41, 5.74) is 4.23. The molecule has 0 fully saturated rings. The quantitative estimate of drug-likeness (QED) is 0.550. The summed E-state index contributed by atoms with van der Waals surface area (Å²) in [4.78, 5) is 30.7. The Morgan fingerprint density at radius 2 is 1.93 bits per heavy atom. The van der Waals surface area contributed by atoms with E-state index in [9.17, 15) is 9.59 Å². The SMILES string of the molecule is CCc1ccc(-c2nc(CC(=O)Nc3ccc4oc(=O)[nH]c4c3)c(C)o2)cc1. The van der Waals surface area contributed by atoms with E-state index in [0.29, 0.717) is 34.1 Å². The van der Waals surface area contributed by atoms with Gasteiger partial charge in [0.1, 0.15) is 5.76 Å². The summed E-state index contributed by atoms with van der Waals surface area (Å²) >= 11 is 0. The molecule has 4 aromatic rings. The van der Waals surface area contributed by atoms with E-state index in [1.54, 1.807) is 25.1 Å². The van der Waals surface area contributed by atoms with Crippen molar-refractivity contribution in [2.24, 2.45) is 0 Å². The number of aromatic nitrogens is 2. The minimum atomic E-state index is -0.531. The van der Waals surface area contributed by atoms with Gasteiger partial charge in [-0.1, -0.05) is 19.1 Å². The van der Waals surface area contributed by atoms with Crippen LogP contribution in [0.5, 0.6) is 0 Å². The summed E-state index contributed by atoms with van der Waals surface area (Å²) < 4.78 is 10.7. The van der Waals surface area contributed by atoms with Gasteiger partial charge in [0, 0.05) is 11.3 Å². The maximum absolute atomic E-state index is 12.4.